The van der Waals surface area contributed by atoms with E-state index in [1.165, 1.54) is 0 Å². The highest BCUT2D eigenvalue weighted by Gasteiger charge is 2.28. The number of aryl methyl sites for hydroxylation is 2. The molecule has 2 aromatic rings. The lowest BCUT2D eigenvalue weighted by atomic mass is 9.92. The number of nitrogens with one attached hydrogen (secondary N) is 1. The Kier molecular flexibility index (Phi) is 4.93. The number of rotatable bonds is 5. The number of hydrogen-bond donors (Lipinski definition) is 1. The van der Waals surface area contributed by atoms with Crippen LogP contribution in [0.5, 0.6) is 0 Å². The highest BCUT2D eigenvalue weighted by Crippen LogP contribution is 2.28. The van der Waals surface area contributed by atoms with Crippen molar-refractivity contribution in [3.63, 3.8) is 0 Å². The van der Waals surface area contributed by atoms with Crippen molar-refractivity contribution in [3.8, 4) is 5.82 Å². The third kappa shape index (κ3) is 3.46. The molecule has 134 valence electrons. The van der Waals surface area contributed by atoms with Gasteiger partial charge in [-0.15, -0.1) is 0 Å². The van der Waals surface area contributed by atoms with Crippen LogP contribution < -0.4 is 5.32 Å². The summed E-state index contributed by atoms with van der Waals surface area (Å²) in [6.45, 7) is 3.39. The summed E-state index contributed by atoms with van der Waals surface area (Å²) in [7, 11) is 1.70. The second-order valence-corrected chi connectivity index (χ2v) is 6.22. The van der Waals surface area contributed by atoms with E-state index in [2.05, 4.69) is 20.3 Å². The average Bonchev–Trinajstić information content (AvgIpc) is 3.00. The Morgan fingerprint density at radius 1 is 1.32 bits per heavy atom. The van der Waals surface area contributed by atoms with E-state index in [0.717, 1.165) is 25.7 Å². The number of anilines is 1. The van der Waals surface area contributed by atoms with Crippen molar-refractivity contribution < 1.29 is 9.66 Å². The number of nitrogens with zero attached hydrogens (tertiary/aromatic N) is 5. The van der Waals surface area contributed by atoms with Gasteiger partial charge in [-0.1, -0.05) is 12.8 Å². The Morgan fingerprint density at radius 2 is 2.08 bits per heavy atom. The highest BCUT2D eigenvalue weighted by molar-refractivity contribution is 5.54. The first-order valence-electron chi connectivity index (χ1n) is 8.34. The minimum Gasteiger partial charge on any atom is -0.379 e. The maximum absolute atomic E-state index is 11.5. The van der Waals surface area contributed by atoms with Gasteiger partial charge in [0.2, 0.25) is 11.8 Å². The maximum atomic E-state index is 11.5. The molecule has 1 saturated carbocycles. The van der Waals surface area contributed by atoms with Crippen LogP contribution in [0.25, 0.3) is 5.82 Å². The Balaban J connectivity index is 2.00. The van der Waals surface area contributed by atoms with E-state index in [0.29, 0.717) is 17.5 Å². The van der Waals surface area contributed by atoms with E-state index in [-0.39, 0.29) is 23.7 Å². The zero-order valence-electron chi connectivity index (χ0n) is 14.6. The summed E-state index contributed by atoms with van der Waals surface area (Å²) >= 11 is 0. The molecule has 1 fully saturated rings. The van der Waals surface area contributed by atoms with Crippen LogP contribution in [0.15, 0.2) is 12.4 Å². The molecule has 9 nitrogen and oxygen atoms in total. The molecule has 0 saturated heterocycles. The van der Waals surface area contributed by atoms with E-state index >= 15 is 0 Å². The van der Waals surface area contributed by atoms with E-state index < -0.39 is 4.92 Å². The molecule has 2 atom stereocenters. The summed E-state index contributed by atoms with van der Waals surface area (Å²) in [6, 6.07) is 0.0938. The second-order valence-electron chi connectivity index (χ2n) is 6.22. The molecule has 0 spiro atoms. The van der Waals surface area contributed by atoms with Gasteiger partial charge in [-0.2, -0.15) is 4.98 Å². The normalized spacial score (nSPS) is 20.4. The molecule has 0 bridgehead atoms. The summed E-state index contributed by atoms with van der Waals surface area (Å²) in [5.41, 5.74) is 0.203. The van der Waals surface area contributed by atoms with Gasteiger partial charge in [-0.25, -0.2) is 9.97 Å². The second kappa shape index (κ2) is 7.14. The molecular formula is C16H22N6O3. The Bertz CT molecular complexity index is 775. The van der Waals surface area contributed by atoms with Gasteiger partial charge in [-0.05, 0) is 26.7 Å². The molecule has 1 aliphatic carbocycles. The van der Waals surface area contributed by atoms with Gasteiger partial charge < -0.3 is 10.1 Å². The van der Waals surface area contributed by atoms with E-state index in [9.17, 15) is 10.1 Å². The fourth-order valence-electron chi connectivity index (χ4n) is 3.31. The van der Waals surface area contributed by atoms with E-state index in [4.69, 9.17) is 4.74 Å². The Labute approximate surface area is 145 Å². The number of methoxy groups -OCH3 is 1. The predicted molar refractivity (Wildman–Crippen MR) is 92.0 cm³/mol. The van der Waals surface area contributed by atoms with Crippen LogP contribution in [0.3, 0.4) is 0 Å². The van der Waals surface area contributed by atoms with Gasteiger partial charge in [0.15, 0.2) is 0 Å². The predicted octanol–water partition coefficient (Wildman–Crippen LogP) is 2.56. The summed E-state index contributed by atoms with van der Waals surface area (Å²) in [4.78, 5) is 23.9. The largest absolute Gasteiger partial charge is 0.379 e. The van der Waals surface area contributed by atoms with Crippen LogP contribution in [-0.4, -0.2) is 43.7 Å². The summed E-state index contributed by atoms with van der Waals surface area (Å²) < 4.78 is 7.15. The van der Waals surface area contributed by atoms with Gasteiger partial charge in [0.25, 0.3) is 0 Å². The van der Waals surface area contributed by atoms with Crippen LogP contribution in [0.1, 0.15) is 37.2 Å². The first-order chi connectivity index (χ1) is 12.0. The third-order valence-corrected chi connectivity index (χ3v) is 4.60. The molecule has 0 aromatic carbocycles. The molecule has 0 amide bonds. The topological polar surface area (TPSA) is 108 Å². The van der Waals surface area contributed by atoms with Crippen LogP contribution in [0, 0.1) is 24.0 Å². The first-order valence-corrected chi connectivity index (χ1v) is 8.34. The number of aromatic nitrogens is 4. The Morgan fingerprint density at radius 3 is 2.72 bits per heavy atom. The van der Waals surface area contributed by atoms with Crippen molar-refractivity contribution >= 4 is 11.6 Å². The van der Waals surface area contributed by atoms with Crippen molar-refractivity contribution in [2.24, 2.45) is 0 Å². The monoisotopic (exact) mass is 346 g/mol. The van der Waals surface area contributed by atoms with Gasteiger partial charge in [0.1, 0.15) is 11.5 Å². The van der Waals surface area contributed by atoms with Crippen LogP contribution in [0.2, 0.25) is 0 Å². The third-order valence-electron chi connectivity index (χ3n) is 4.60. The van der Waals surface area contributed by atoms with Gasteiger partial charge in [-0.3, -0.25) is 14.7 Å². The SMILES string of the molecule is CO[C@@H]1CCCC[C@H]1Nc1nc(C)c([N+](=O)[O-])c(-n2ccnc2C)n1. The molecule has 1 N–H and O–H groups in total. The fraction of sp³-hybridized carbons (Fsp3) is 0.562. The number of ether oxygens (including phenoxy) is 1. The lowest BCUT2D eigenvalue weighted by molar-refractivity contribution is -0.385. The first kappa shape index (κ1) is 17.3. The van der Waals surface area contributed by atoms with E-state index in [1.807, 2.05) is 0 Å². The molecule has 0 unspecified atom stereocenters. The zero-order chi connectivity index (χ0) is 18.0. The van der Waals surface area contributed by atoms with E-state index in [1.54, 1.807) is 37.9 Å². The lowest BCUT2D eigenvalue weighted by Crippen LogP contribution is -2.38. The average molecular weight is 346 g/mol. The number of nitro groups is 1. The minimum atomic E-state index is -0.452. The van der Waals surface area contributed by atoms with Crippen LogP contribution in [-0.2, 0) is 4.74 Å². The molecule has 9 heteroatoms. The summed E-state index contributed by atoms with van der Waals surface area (Å²) in [5, 5.41) is 14.8. The quantitative estimate of drug-likeness (QED) is 0.654. The molecule has 0 radical (unpaired) electrons. The van der Waals surface area contributed by atoms with Gasteiger partial charge >= 0.3 is 5.69 Å². The molecule has 2 aromatic heterocycles. The lowest BCUT2D eigenvalue weighted by Gasteiger charge is -2.31. The molecule has 1 aliphatic rings. The molecular weight excluding hydrogens is 324 g/mol. The molecule has 25 heavy (non-hydrogen) atoms. The van der Waals surface area contributed by atoms with Crippen molar-refractivity contribution in [2.75, 3.05) is 12.4 Å². The van der Waals surface area contributed by atoms with Gasteiger partial charge in [0, 0.05) is 19.5 Å². The highest BCUT2D eigenvalue weighted by atomic mass is 16.6. The van der Waals surface area contributed by atoms with Crippen molar-refractivity contribution in [2.45, 2.75) is 51.7 Å². The standard InChI is InChI=1S/C16H22N6O3/c1-10-14(22(23)24)15(21-9-8-17-11(21)2)20-16(18-10)19-12-6-4-5-7-13(12)25-3/h8-9,12-13H,4-7H2,1-3H3,(H,18,19,20)/t12-,13-/m1/s1. The van der Waals surface area contributed by atoms with Gasteiger partial charge in [0.05, 0.1) is 17.1 Å². The minimum absolute atomic E-state index is 0.0891. The van der Waals surface area contributed by atoms with Crippen molar-refractivity contribution in [3.05, 3.63) is 34.0 Å². The zero-order valence-corrected chi connectivity index (χ0v) is 14.6. The fourth-order valence-corrected chi connectivity index (χ4v) is 3.31. The molecule has 0 aliphatic heterocycles. The smallest absolute Gasteiger partial charge is 0.333 e. The number of hydrogen-bond acceptors (Lipinski definition) is 7. The molecule has 2 heterocycles. The number of imidazole rings is 1. The molecule has 3 rings (SSSR count). The van der Waals surface area contributed by atoms with Crippen LogP contribution in [0.4, 0.5) is 11.6 Å². The van der Waals surface area contributed by atoms with Crippen LogP contribution >= 0.6 is 0 Å². The van der Waals surface area contributed by atoms with Crippen molar-refractivity contribution in [1.82, 2.24) is 19.5 Å². The maximum Gasteiger partial charge on any atom is 0.333 e. The van der Waals surface area contributed by atoms with Crippen molar-refractivity contribution in [1.29, 1.82) is 0 Å². The Hall–Kier alpha value is -2.55. The summed E-state index contributed by atoms with van der Waals surface area (Å²) in [5.74, 6) is 1.22. The summed E-state index contributed by atoms with van der Waals surface area (Å²) in [6.07, 6.45) is 7.52.